The average molecular weight is 409 g/mol. The van der Waals surface area contributed by atoms with Gasteiger partial charge in [0, 0.05) is 12.1 Å². The Balaban J connectivity index is 1.41. The van der Waals surface area contributed by atoms with Crippen LogP contribution in [0.5, 0.6) is 0 Å². The molecule has 0 fully saturated rings. The van der Waals surface area contributed by atoms with Crippen LogP contribution in [-0.2, 0) is 19.0 Å². The van der Waals surface area contributed by atoms with Crippen molar-refractivity contribution in [3.05, 3.63) is 94.5 Å². The molecule has 0 spiro atoms. The summed E-state index contributed by atoms with van der Waals surface area (Å²) in [4.78, 5) is 0. The summed E-state index contributed by atoms with van der Waals surface area (Å²) in [5, 5.41) is 3.65. The molecule has 30 heavy (non-hydrogen) atoms. The van der Waals surface area contributed by atoms with Crippen molar-refractivity contribution in [2.24, 2.45) is 0 Å². The number of benzene rings is 3. The molecule has 0 aromatic heterocycles. The molecule has 0 bridgehead atoms. The number of nitrogens with one attached hydrogen (secondary N) is 1. The highest BCUT2D eigenvalue weighted by atomic mass is 19.4. The SMILES string of the molecule is C[C@H](CCc1cccc(C(F)(F)F)c1)N[C@@H](C)c1cccc2c1Cc1ccccc1-2. The summed E-state index contributed by atoms with van der Waals surface area (Å²) in [6.07, 6.45) is -1.95. The zero-order chi connectivity index (χ0) is 21.3. The van der Waals surface area contributed by atoms with Gasteiger partial charge in [-0.05, 0) is 72.6 Å². The third kappa shape index (κ3) is 4.29. The van der Waals surface area contributed by atoms with Gasteiger partial charge in [-0.25, -0.2) is 0 Å². The van der Waals surface area contributed by atoms with Crippen molar-refractivity contribution in [3.8, 4) is 11.1 Å². The van der Waals surface area contributed by atoms with Gasteiger partial charge >= 0.3 is 6.18 Å². The van der Waals surface area contributed by atoms with Crippen LogP contribution < -0.4 is 5.32 Å². The van der Waals surface area contributed by atoms with Crippen LogP contribution in [0.3, 0.4) is 0 Å². The van der Waals surface area contributed by atoms with Crippen LogP contribution in [0.15, 0.2) is 66.7 Å². The van der Waals surface area contributed by atoms with Crippen LogP contribution in [0.4, 0.5) is 13.2 Å². The van der Waals surface area contributed by atoms with E-state index in [2.05, 4.69) is 61.6 Å². The number of hydrogen-bond donors (Lipinski definition) is 1. The third-order valence-corrected chi connectivity index (χ3v) is 6.01. The van der Waals surface area contributed by atoms with Crippen molar-refractivity contribution in [2.75, 3.05) is 0 Å². The number of hydrogen-bond acceptors (Lipinski definition) is 1. The van der Waals surface area contributed by atoms with E-state index in [0.717, 1.165) is 24.5 Å². The van der Waals surface area contributed by atoms with Crippen molar-refractivity contribution in [1.29, 1.82) is 0 Å². The molecule has 0 amide bonds. The van der Waals surface area contributed by atoms with Gasteiger partial charge in [-0.3, -0.25) is 0 Å². The van der Waals surface area contributed by atoms with Gasteiger partial charge in [0.25, 0.3) is 0 Å². The third-order valence-electron chi connectivity index (χ3n) is 6.01. The fourth-order valence-electron chi connectivity index (χ4n) is 4.47. The quantitative estimate of drug-likeness (QED) is 0.363. The van der Waals surface area contributed by atoms with E-state index in [4.69, 9.17) is 0 Å². The van der Waals surface area contributed by atoms with Gasteiger partial charge in [-0.1, -0.05) is 60.7 Å². The predicted octanol–water partition coefficient (Wildman–Crippen LogP) is 6.95. The number of alkyl halides is 3. The monoisotopic (exact) mass is 409 g/mol. The van der Waals surface area contributed by atoms with Crippen LogP contribution >= 0.6 is 0 Å². The van der Waals surface area contributed by atoms with E-state index in [9.17, 15) is 13.2 Å². The molecule has 0 aliphatic heterocycles. The smallest absolute Gasteiger partial charge is 0.308 e. The summed E-state index contributed by atoms with van der Waals surface area (Å²) in [6.45, 7) is 4.27. The highest BCUT2D eigenvalue weighted by Gasteiger charge is 2.30. The first-order valence-corrected chi connectivity index (χ1v) is 10.4. The van der Waals surface area contributed by atoms with E-state index in [1.54, 1.807) is 6.07 Å². The highest BCUT2D eigenvalue weighted by molar-refractivity contribution is 5.78. The molecular weight excluding hydrogens is 383 g/mol. The van der Waals surface area contributed by atoms with Crippen molar-refractivity contribution in [1.82, 2.24) is 5.32 Å². The molecule has 2 atom stereocenters. The van der Waals surface area contributed by atoms with Crippen molar-refractivity contribution in [2.45, 2.75) is 51.4 Å². The predicted molar refractivity (Wildman–Crippen MR) is 115 cm³/mol. The molecule has 0 heterocycles. The van der Waals surface area contributed by atoms with Crippen LogP contribution in [-0.4, -0.2) is 6.04 Å². The minimum Gasteiger partial charge on any atom is -0.308 e. The first-order valence-electron chi connectivity index (χ1n) is 10.4. The molecule has 1 aliphatic rings. The van der Waals surface area contributed by atoms with Gasteiger partial charge in [-0.2, -0.15) is 13.2 Å². The Hall–Kier alpha value is -2.59. The van der Waals surface area contributed by atoms with Crippen molar-refractivity contribution < 1.29 is 13.2 Å². The number of rotatable bonds is 6. The Kier molecular flexibility index (Phi) is 5.70. The van der Waals surface area contributed by atoms with E-state index >= 15 is 0 Å². The summed E-state index contributed by atoms with van der Waals surface area (Å²) in [6, 6.07) is 21.0. The fourth-order valence-corrected chi connectivity index (χ4v) is 4.47. The topological polar surface area (TPSA) is 12.0 Å². The maximum Gasteiger partial charge on any atom is 0.416 e. The molecule has 3 aromatic rings. The van der Waals surface area contributed by atoms with E-state index in [1.165, 1.54) is 39.9 Å². The standard InChI is InChI=1S/C26H26F3N/c1-17(13-14-19-7-5-9-21(15-19)26(27,28)29)30-18(2)22-11-6-12-24-23-10-4-3-8-20(23)16-25(22)24/h3-12,15,17-18,30H,13-14,16H2,1-2H3/t17-,18+/m1/s1. The van der Waals surface area contributed by atoms with Gasteiger partial charge in [0.2, 0.25) is 0 Å². The fraction of sp³-hybridized carbons (Fsp3) is 0.308. The summed E-state index contributed by atoms with van der Waals surface area (Å²) in [7, 11) is 0. The second kappa shape index (κ2) is 8.27. The first kappa shape index (κ1) is 20.7. The van der Waals surface area contributed by atoms with Crippen LogP contribution in [0.2, 0.25) is 0 Å². The Labute approximate surface area is 176 Å². The molecule has 0 unspecified atom stereocenters. The van der Waals surface area contributed by atoms with E-state index < -0.39 is 11.7 Å². The number of halogens is 3. The summed E-state index contributed by atoms with van der Waals surface area (Å²) in [5.74, 6) is 0. The Morgan fingerprint density at radius 3 is 2.43 bits per heavy atom. The highest BCUT2D eigenvalue weighted by Crippen LogP contribution is 2.39. The summed E-state index contributed by atoms with van der Waals surface area (Å²) >= 11 is 0. The molecular formula is C26H26F3N. The lowest BCUT2D eigenvalue weighted by Gasteiger charge is -2.23. The zero-order valence-corrected chi connectivity index (χ0v) is 17.3. The molecule has 3 aromatic carbocycles. The molecule has 0 saturated carbocycles. The molecule has 1 N–H and O–H groups in total. The first-order chi connectivity index (χ1) is 14.3. The minimum absolute atomic E-state index is 0.172. The Morgan fingerprint density at radius 2 is 1.63 bits per heavy atom. The lowest BCUT2D eigenvalue weighted by molar-refractivity contribution is -0.137. The Morgan fingerprint density at radius 1 is 0.900 bits per heavy atom. The molecule has 1 aliphatic carbocycles. The van der Waals surface area contributed by atoms with Crippen molar-refractivity contribution >= 4 is 0 Å². The maximum absolute atomic E-state index is 12.9. The van der Waals surface area contributed by atoms with Gasteiger partial charge in [0.05, 0.1) is 5.56 Å². The lowest BCUT2D eigenvalue weighted by Crippen LogP contribution is -2.30. The van der Waals surface area contributed by atoms with Gasteiger partial charge in [-0.15, -0.1) is 0 Å². The molecule has 1 nitrogen and oxygen atoms in total. The average Bonchev–Trinajstić information content (AvgIpc) is 3.10. The zero-order valence-electron chi connectivity index (χ0n) is 17.3. The van der Waals surface area contributed by atoms with E-state index in [-0.39, 0.29) is 12.1 Å². The lowest BCUT2D eigenvalue weighted by atomic mass is 9.96. The van der Waals surface area contributed by atoms with Gasteiger partial charge in [0.15, 0.2) is 0 Å². The molecule has 4 heteroatoms. The second-order valence-corrected chi connectivity index (χ2v) is 8.23. The van der Waals surface area contributed by atoms with E-state index in [1.807, 2.05) is 0 Å². The molecule has 0 saturated heterocycles. The van der Waals surface area contributed by atoms with Crippen molar-refractivity contribution in [3.63, 3.8) is 0 Å². The maximum atomic E-state index is 12.9. The van der Waals surface area contributed by atoms with Gasteiger partial charge in [0.1, 0.15) is 0 Å². The normalized spacial score (nSPS) is 14.8. The minimum atomic E-state index is -4.29. The summed E-state index contributed by atoms with van der Waals surface area (Å²) in [5.41, 5.74) is 6.83. The number of aryl methyl sites for hydroxylation is 1. The largest absolute Gasteiger partial charge is 0.416 e. The van der Waals surface area contributed by atoms with Crippen LogP contribution in [0, 0.1) is 0 Å². The number of fused-ring (bicyclic) bond motifs is 3. The Bertz CT molecular complexity index is 1040. The molecule has 156 valence electrons. The van der Waals surface area contributed by atoms with Crippen LogP contribution in [0.25, 0.3) is 11.1 Å². The van der Waals surface area contributed by atoms with Crippen LogP contribution in [0.1, 0.15) is 54.1 Å². The molecule has 4 rings (SSSR count). The molecule has 0 radical (unpaired) electrons. The second-order valence-electron chi connectivity index (χ2n) is 8.23. The van der Waals surface area contributed by atoms with E-state index in [0.29, 0.717) is 6.42 Å². The van der Waals surface area contributed by atoms with Gasteiger partial charge < -0.3 is 5.32 Å². The summed E-state index contributed by atoms with van der Waals surface area (Å²) < 4.78 is 38.8.